The van der Waals surface area contributed by atoms with E-state index < -0.39 is 28.4 Å². The minimum atomic E-state index is -4.60. The van der Waals surface area contributed by atoms with Crippen molar-refractivity contribution in [3.8, 4) is 0 Å². The van der Waals surface area contributed by atoms with E-state index in [1.54, 1.807) is 0 Å². The Bertz CT molecular complexity index is 472. The largest absolute Gasteiger partial charge is 0.433 e. The third kappa shape index (κ3) is 3.00. The fourth-order valence-electron chi connectivity index (χ4n) is 1.18. The number of aromatic nitrogens is 1. The smallest absolute Gasteiger partial charge is 0.371 e. The number of halogens is 4. The maximum Gasteiger partial charge on any atom is 0.433 e. The lowest BCUT2D eigenvalue weighted by molar-refractivity contribution is -0.141. The first-order chi connectivity index (χ1) is 8.09. The molecule has 1 aromatic rings. The molecular weight excluding hydrogens is 271 g/mol. The minimum absolute atomic E-state index is 0.100. The summed E-state index contributed by atoms with van der Waals surface area (Å²) in [5.41, 5.74) is -2.42. The van der Waals surface area contributed by atoms with Crippen molar-refractivity contribution in [3.05, 3.63) is 28.5 Å². The zero-order valence-electron chi connectivity index (χ0n) is 9.93. The second-order valence-electron chi connectivity index (χ2n) is 4.08. The number of methoxy groups -OCH3 is 1. The van der Waals surface area contributed by atoms with Gasteiger partial charge in [-0.2, -0.15) is 13.2 Å². The average Bonchev–Trinajstić information content (AvgIpc) is 2.26. The number of hydrogen-bond acceptors (Lipinski definition) is 3. The van der Waals surface area contributed by atoms with Gasteiger partial charge in [0.2, 0.25) is 0 Å². The second-order valence-corrected chi connectivity index (χ2v) is 4.43. The summed E-state index contributed by atoms with van der Waals surface area (Å²) in [4.78, 5) is 15.1. The van der Waals surface area contributed by atoms with Gasteiger partial charge in [-0.1, -0.05) is 11.6 Å². The molecule has 100 valence electrons. The Balaban J connectivity index is 3.19. The van der Waals surface area contributed by atoms with Gasteiger partial charge in [0.05, 0.1) is 5.56 Å². The normalized spacial score (nSPS) is 12.6. The molecule has 0 fully saturated rings. The van der Waals surface area contributed by atoms with E-state index in [1.807, 2.05) is 0 Å². The highest BCUT2D eigenvalue weighted by Crippen LogP contribution is 2.30. The lowest BCUT2D eigenvalue weighted by Crippen LogP contribution is -2.34. The van der Waals surface area contributed by atoms with Crippen molar-refractivity contribution >= 4 is 17.4 Å². The molecule has 0 saturated carbocycles. The molecule has 0 radical (unpaired) electrons. The fraction of sp³-hybridized carbons (Fsp3) is 0.455. The van der Waals surface area contributed by atoms with Crippen LogP contribution in [0.15, 0.2) is 12.1 Å². The van der Waals surface area contributed by atoms with E-state index in [-0.39, 0.29) is 5.56 Å². The van der Waals surface area contributed by atoms with Crippen molar-refractivity contribution in [2.24, 2.45) is 0 Å². The van der Waals surface area contributed by atoms with Gasteiger partial charge in [0, 0.05) is 7.11 Å². The molecule has 0 amide bonds. The summed E-state index contributed by atoms with van der Waals surface area (Å²) < 4.78 is 42.1. The molecule has 0 aliphatic heterocycles. The van der Waals surface area contributed by atoms with Crippen molar-refractivity contribution < 1.29 is 22.7 Å². The Kier molecular flexibility index (Phi) is 4.02. The highest BCUT2D eigenvalue weighted by molar-refractivity contribution is 6.33. The minimum Gasteiger partial charge on any atom is -0.371 e. The van der Waals surface area contributed by atoms with E-state index in [0.29, 0.717) is 6.07 Å². The van der Waals surface area contributed by atoms with Crippen LogP contribution in [0.5, 0.6) is 0 Å². The molecule has 1 rings (SSSR count). The summed E-state index contributed by atoms with van der Waals surface area (Å²) in [5.74, 6) is -0.531. The molecule has 3 nitrogen and oxygen atoms in total. The Morgan fingerprint density at radius 1 is 1.33 bits per heavy atom. The number of carbonyl (C=O) groups is 1. The van der Waals surface area contributed by atoms with Gasteiger partial charge in [-0.15, -0.1) is 0 Å². The highest BCUT2D eigenvalue weighted by Gasteiger charge is 2.35. The maximum absolute atomic E-state index is 12.4. The quantitative estimate of drug-likeness (QED) is 0.630. The number of rotatable bonds is 3. The molecule has 0 saturated heterocycles. The van der Waals surface area contributed by atoms with Crippen LogP contribution in [-0.4, -0.2) is 23.5 Å². The molecule has 1 heterocycles. The third-order valence-electron chi connectivity index (χ3n) is 2.44. The van der Waals surface area contributed by atoms with Gasteiger partial charge in [-0.25, -0.2) is 4.98 Å². The zero-order chi connectivity index (χ0) is 14.1. The summed E-state index contributed by atoms with van der Waals surface area (Å²) in [7, 11) is 1.32. The van der Waals surface area contributed by atoms with Crippen molar-refractivity contribution in [2.45, 2.75) is 25.6 Å². The van der Waals surface area contributed by atoms with Gasteiger partial charge in [-0.3, -0.25) is 4.79 Å². The zero-order valence-corrected chi connectivity index (χ0v) is 10.7. The molecule has 1 aromatic heterocycles. The first-order valence-electron chi connectivity index (χ1n) is 4.93. The second kappa shape index (κ2) is 4.85. The standard InChI is InChI=1S/C11H11ClF3NO2/c1-10(2,18-3)8(17)6-4-5-7(11(13,14)15)16-9(6)12/h4-5H,1-3H3. The molecule has 0 N–H and O–H groups in total. The number of Topliss-reactive ketones (excluding diaryl/α,β-unsaturated/α-hetero) is 1. The molecule has 0 atom stereocenters. The molecule has 7 heteroatoms. The monoisotopic (exact) mass is 281 g/mol. The lowest BCUT2D eigenvalue weighted by Gasteiger charge is -2.21. The number of pyridine rings is 1. The molecule has 0 aliphatic rings. The van der Waals surface area contributed by atoms with E-state index >= 15 is 0 Å². The summed E-state index contributed by atoms with van der Waals surface area (Å²) in [6.07, 6.45) is -4.60. The van der Waals surface area contributed by atoms with Crippen LogP contribution in [0.25, 0.3) is 0 Å². The van der Waals surface area contributed by atoms with Crippen LogP contribution in [0.1, 0.15) is 29.9 Å². The van der Waals surface area contributed by atoms with Crippen LogP contribution in [-0.2, 0) is 10.9 Å². The third-order valence-corrected chi connectivity index (χ3v) is 2.73. The van der Waals surface area contributed by atoms with Crippen LogP contribution in [0, 0.1) is 0 Å². The Hall–Kier alpha value is -1.14. The predicted molar refractivity (Wildman–Crippen MR) is 59.7 cm³/mol. The summed E-state index contributed by atoms with van der Waals surface area (Å²) >= 11 is 5.61. The molecule has 0 aliphatic carbocycles. The lowest BCUT2D eigenvalue weighted by atomic mass is 9.97. The fourth-order valence-corrected chi connectivity index (χ4v) is 1.42. The first-order valence-corrected chi connectivity index (χ1v) is 5.31. The van der Waals surface area contributed by atoms with E-state index in [4.69, 9.17) is 16.3 Å². The topological polar surface area (TPSA) is 39.2 Å². The van der Waals surface area contributed by atoms with Crippen LogP contribution in [0.3, 0.4) is 0 Å². The molecular formula is C11H11ClF3NO2. The van der Waals surface area contributed by atoms with Gasteiger partial charge < -0.3 is 4.74 Å². The van der Waals surface area contributed by atoms with Crippen molar-refractivity contribution in [2.75, 3.05) is 7.11 Å². The Morgan fingerprint density at radius 3 is 2.28 bits per heavy atom. The first kappa shape index (κ1) is 14.9. The summed E-state index contributed by atoms with van der Waals surface area (Å²) in [5, 5.41) is -0.486. The van der Waals surface area contributed by atoms with Gasteiger partial charge in [-0.05, 0) is 26.0 Å². The molecule has 0 unspecified atom stereocenters. The average molecular weight is 282 g/mol. The molecule has 0 spiro atoms. The van der Waals surface area contributed by atoms with Crippen LogP contribution in [0.2, 0.25) is 5.15 Å². The highest BCUT2D eigenvalue weighted by atomic mass is 35.5. The van der Waals surface area contributed by atoms with E-state index in [9.17, 15) is 18.0 Å². The van der Waals surface area contributed by atoms with Crippen LogP contribution in [0.4, 0.5) is 13.2 Å². The number of nitrogens with zero attached hydrogens (tertiary/aromatic N) is 1. The SMILES string of the molecule is COC(C)(C)C(=O)c1ccc(C(F)(F)F)nc1Cl. The Morgan fingerprint density at radius 2 is 1.89 bits per heavy atom. The molecule has 0 aromatic carbocycles. The van der Waals surface area contributed by atoms with E-state index in [1.165, 1.54) is 21.0 Å². The van der Waals surface area contributed by atoms with Gasteiger partial charge >= 0.3 is 6.18 Å². The Labute approximate surface area is 107 Å². The van der Waals surface area contributed by atoms with Crippen molar-refractivity contribution in [3.63, 3.8) is 0 Å². The number of ether oxygens (including phenoxy) is 1. The van der Waals surface area contributed by atoms with E-state index in [0.717, 1.165) is 6.07 Å². The number of carbonyl (C=O) groups excluding carboxylic acids is 1. The summed E-state index contributed by atoms with van der Waals surface area (Å²) in [6.45, 7) is 2.98. The predicted octanol–water partition coefficient (Wildman–Crippen LogP) is 3.36. The van der Waals surface area contributed by atoms with Gasteiger partial charge in [0.1, 0.15) is 16.4 Å². The molecule has 18 heavy (non-hydrogen) atoms. The number of alkyl halides is 3. The van der Waals surface area contributed by atoms with Crippen LogP contribution < -0.4 is 0 Å². The van der Waals surface area contributed by atoms with Crippen molar-refractivity contribution in [1.82, 2.24) is 4.98 Å². The maximum atomic E-state index is 12.4. The number of ketones is 1. The van der Waals surface area contributed by atoms with Gasteiger partial charge in [0.25, 0.3) is 0 Å². The van der Waals surface area contributed by atoms with Gasteiger partial charge in [0.15, 0.2) is 5.78 Å². The van der Waals surface area contributed by atoms with Crippen LogP contribution >= 0.6 is 11.6 Å². The number of hydrogen-bond donors (Lipinski definition) is 0. The van der Waals surface area contributed by atoms with Crippen molar-refractivity contribution in [1.29, 1.82) is 0 Å². The molecule has 0 bridgehead atoms. The van der Waals surface area contributed by atoms with E-state index in [2.05, 4.69) is 4.98 Å². The summed E-state index contributed by atoms with van der Waals surface area (Å²) in [6, 6.07) is 1.71.